The summed E-state index contributed by atoms with van der Waals surface area (Å²) in [5.41, 5.74) is 0. The summed E-state index contributed by atoms with van der Waals surface area (Å²) in [4.78, 5) is 11.7. The lowest BCUT2D eigenvalue weighted by molar-refractivity contribution is -0.124. The minimum atomic E-state index is 0.141. The fourth-order valence-electron chi connectivity index (χ4n) is 2.28. The third-order valence-electron chi connectivity index (χ3n) is 3.30. The molecule has 4 heteroatoms. The monoisotopic (exact) mass is 212 g/mol. The van der Waals surface area contributed by atoms with E-state index in [9.17, 15) is 4.79 Å². The molecule has 0 aromatic carbocycles. The van der Waals surface area contributed by atoms with Crippen LogP contribution in [0.1, 0.15) is 26.2 Å². The Bertz CT molecular complexity index is 227. The molecule has 2 fully saturated rings. The molecule has 0 aliphatic carbocycles. The van der Waals surface area contributed by atoms with Gasteiger partial charge in [-0.1, -0.05) is 6.92 Å². The Balaban J connectivity index is 1.71. The SMILES string of the molecule is CC1CNCC1NC(=O)CC1CCCO1. The maximum Gasteiger partial charge on any atom is 0.222 e. The molecule has 2 aliphatic rings. The molecule has 1 amide bonds. The first-order valence-corrected chi connectivity index (χ1v) is 5.87. The van der Waals surface area contributed by atoms with Crippen LogP contribution in [0.3, 0.4) is 0 Å². The van der Waals surface area contributed by atoms with Crippen LogP contribution in [-0.2, 0) is 9.53 Å². The maximum absolute atomic E-state index is 11.7. The Hall–Kier alpha value is -0.610. The summed E-state index contributed by atoms with van der Waals surface area (Å²) >= 11 is 0. The van der Waals surface area contributed by atoms with Gasteiger partial charge >= 0.3 is 0 Å². The highest BCUT2D eigenvalue weighted by Crippen LogP contribution is 2.15. The normalized spacial score (nSPS) is 35.7. The number of ether oxygens (including phenoxy) is 1. The van der Waals surface area contributed by atoms with Gasteiger partial charge in [-0.05, 0) is 25.3 Å². The largest absolute Gasteiger partial charge is 0.378 e. The van der Waals surface area contributed by atoms with Gasteiger partial charge in [-0.2, -0.15) is 0 Å². The number of carbonyl (C=O) groups excluding carboxylic acids is 1. The number of hydrogen-bond acceptors (Lipinski definition) is 3. The van der Waals surface area contributed by atoms with Crippen molar-refractivity contribution in [1.29, 1.82) is 0 Å². The molecule has 2 saturated heterocycles. The van der Waals surface area contributed by atoms with E-state index >= 15 is 0 Å². The third kappa shape index (κ3) is 2.92. The van der Waals surface area contributed by atoms with Crippen LogP contribution in [0.4, 0.5) is 0 Å². The Labute approximate surface area is 90.8 Å². The van der Waals surface area contributed by atoms with E-state index in [-0.39, 0.29) is 12.0 Å². The fraction of sp³-hybridized carbons (Fsp3) is 0.909. The van der Waals surface area contributed by atoms with Crippen molar-refractivity contribution in [2.45, 2.75) is 38.3 Å². The zero-order valence-corrected chi connectivity index (χ0v) is 9.29. The fourth-order valence-corrected chi connectivity index (χ4v) is 2.28. The zero-order valence-electron chi connectivity index (χ0n) is 9.29. The molecule has 0 aromatic rings. The summed E-state index contributed by atoms with van der Waals surface area (Å²) in [6, 6.07) is 0.305. The van der Waals surface area contributed by atoms with Crippen molar-refractivity contribution in [1.82, 2.24) is 10.6 Å². The Kier molecular flexibility index (Phi) is 3.59. The molecule has 4 nitrogen and oxygen atoms in total. The Morgan fingerprint density at radius 3 is 3.00 bits per heavy atom. The molecule has 0 radical (unpaired) electrons. The van der Waals surface area contributed by atoms with Gasteiger partial charge in [0.05, 0.1) is 12.5 Å². The summed E-state index contributed by atoms with van der Waals surface area (Å²) in [5, 5.41) is 6.35. The molecule has 2 rings (SSSR count). The van der Waals surface area contributed by atoms with Crippen LogP contribution >= 0.6 is 0 Å². The average molecular weight is 212 g/mol. The minimum Gasteiger partial charge on any atom is -0.378 e. The van der Waals surface area contributed by atoms with E-state index in [1.54, 1.807) is 0 Å². The molecule has 0 bridgehead atoms. The van der Waals surface area contributed by atoms with Gasteiger partial charge in [0.1, 0.15) is 0 Å². The first-order valence-electron chi connectivity index (χ1n) is 5.87. The van der Waals surface area contributed by atoms with Crippen LogP contribution in [-0.4, -0.2) is 37.7 Å². The van der Waals surface area contributed by atoms with Crippen molar-refractivity contribution in [2.75, 3.05) is 19.7 Å². The molecule has 3 unspecified atom stereocenters. The van der Waals surface area contributed by atoms with Gasteiger partial charge in [-0.3, -0.25) is 4.79 Å². The summed E-state index contributed by atoms with van der Waals surface area (Å²) in [5.74, 6) is 0.681. The van der Waals surface area contributed by atoms with Gasteiger partial charge in [0.15, 0.2) is 0 Å². The van der Waals surface area contributed by atoms with E-state index < -0.39 is 0 Å². The number of rotatable bonds is 3. The molecule has 0 spiro atoms. The van der Waals surface area contributed by atoms with Gasteiger partial charge in [0.25, 0.3) is 0 Å². The molecule has 2 heterocycles. The van der Waals surface area contributed by atoms with Gasteiger partial charge in [-0.15, -0.1) is 0 Å². The Morgan fingerprint density at radius 1 is 1.53 bits per heavy atom. The van der Waals surface area contributed by atoms with E-state index in [2.05, 4.69) is 17.6 Å². The van der Waals surface area contributed by atoms with E-state index in [1.807, 2.05) is 0 Å². The minimum absolute atomic E-state index is 0.141. The van der Waals surface area contributed by atoms with Gasteiger partial charge in [0.2, 0.25) is 5.91 Å². The van der Waals surface area contributed by atoms with Crippen LogP contribution in [0.2, 0.25) is 0 Å². The van der Waals surface area contributed by atoms with Gasteiger partial charge < -0.3 is 15.4 Å². The van der Waals surface area contributed by atoms with Gasteiger partial charge in [0, 0.05) is 19.2 Å². The topological polar surface area (TPSA) is 50.4 Å². The van der Waals surface area contributed by atoms with Gasteiger partial charge in [-0.25, -0.2) is 0 Å². The van der Waals surface area contributed by atoms with Crippen molar-refractivity contribution < 1.29 is 9.53 Å². The second-order valence-electron chi connectivity index (χ2n) is 4.65. The summed E-state index contributed by atoms with van der Waals surface area (Å²) in [6.07, 6.45) is 2.82. The van der Waals surface area contributed by atoms with Crippen LogP contribution in [0.5, 0.6) is 0 Å². The third-order valence-corrected chi connectivity index (χ3v) is 3.30. The standard InChI is InChI=1S/C11H20N2O2/c1-8-6-12-7-10(8)13-11(14)5-9-3-2-4-15-9/h8-10,12H,2-7H2,1H3,(H,13,14). The molecule has 15 heavy (non-hydrogen) atoms. The molecule has 3 atom stereocenters. The van der Waals surface area contributed by atoms with Crippen LogP contribution in [0, 0.1) is 5.92 Å². The smallest absolute Gasteiger partial charge is 0.222 e. The second-order valence-corrected chi connectivity index (χ2v) is 4.65. The Morgan fingerprint density at radius 2 is 2.40 bits per heavy atom. The van der Waals surface area contributed by atoms with Crippen molar-refractivity contribution in [3.63, 3.8) is 0 Å². The molecule has 2 N–H and O–H groups in total. The number of carbonyl (C=O) groups is 1. The molecule has 2 aliphatic heterocycles. The lowest BCUT2D eigenvalue weighted by Gasteiger charge is -2.17. The van der Waals surface area contributed by atoms with Crippen molar-refractivity contribution in [3.8, 4) is 0 Å². The summed E-state index contributed by atoms with van der Waals surface area (Å²) in [6.45, 7) is 4.89. The average Bonchev–Trinajstić information content (AvgIpc) is 2.79. The number of nitrogens with one attached hydrogen (secondary N) is 2. The predicted molar refractivity (Wildman–Crippen MR) is 57.6 cm³/mol. The quantitative estimate of drug-likeness (QED) is 0.706. The molecule has 86 valence electrons. The van der Waals surface area contributed by atoms with Crippen molar-refractivity contribution >= 4 is 5.91 Å². The first-order chi connectivity index (χ1) is 7.25. The van der Waals surface area contributed by atoms with E-state index in [0.717, 1.165) is 32.5 Å². The summed E-state index contributed by atoms with van der Waals surface area (Å²) < 4.78 is 5.44. The van der Waals surface area contributed by atoms with Crippen LogP contribution in [0.25, 0.3) is 0 Å². The number of amides is 1. The predicted octanol–water partition coefficient (Wildman–Crippen LogP) is 0.280. The van der Waals surface area contributed by atoms with E-state index in [4.69, 9.17) is 4.74 Å². The highest BCUT2D eigenvalue weighted by molar-refractivity contribution is 5.76. The molecular weight excluding hydrogens is 192 g/mol. The lowest BCUT2D eigenvalue weighted by Crippen LogP contribution is -2.40. The van der Waals surface area contributed by atoms with Crippen molar-refractivity contribution in [3.05, 3.63) is 0 Å². The van der Waals surface area contributed by atoms with Crippen LogP contribution < -0.4 is 10.6 Å². The van der Waals surface area contributed by atoms with Crippen LogP contribution in [0.15, 0.2) is 0 Å². The summed E-state index contributed by atoms with van der Waals surface area (Å²) in [7, 11) is 0. The molecular formula is C11H20N2O2. The second kappa shape index (κ2) is 4.94. The first kappa shape index (κ1) is 10.9. The van der Waals surface area contributed by atoms with E-state index in [0.29, 0.717) is 18.4 Å². The lowest BCUT2D eigenvalue weighted by atomic mass is 10.1. The zero-order chi connectivity index (χ0) is 10.7. The highest BCUT2D eigenvalue weighted by Gasteiger charge is 2.26. The maximum atomic E-state index is 11.7. The number of hydrogen-bond donors (Lipinski definition) is 2. The van der Waals surface area contributed by atoms with Crippen molar-refractivity contribution in [2.24, 2.45) is 5.92 Å². The van der Waals surface area contributed by atoms with E-state index in [1.165, 1.54) is 0 Å². The molecule has 0 aromatic heterocycles. The highest BCUT2D eigenvalue weighted by atomic mass is 16.5. The molecule has 0 saturated carbocycles.